The Bertz CT molecular complexity index is 237. The second-order valence-electron chi connectivity index (χ2n) is 5.83. The van der Waals surface area contributed by atoms with Gasteiger partial charge in [-0.15, -0.1) is 0 Å². The molecule has 0 radical (unpaired) electrons. The van der Waals surface area contributed by atoms with E-state index in [1.54, 1.807) is 0 Å². The van der Waals surface area contributed by atoms with Crippen LogP contribution in [0, 0.1) is 0 Å². The molecule has 0 aromatic heterocycles. The van der Waals surface area contributed by atoms with Gasteiger partial charge >= 0.3 is 0 Å². The average molecular weight is 297 g/mol. The molecule has 0 heterocycles. The summed E-state index contributed by atoms with van der Waals surface area (Å²) in [7, 11) is 0. The first-order valence-corrected chi connectivity index (χ1v) is 9.03. The lowest BCUT2D eigenvalue weighted by Gasteiger charge is -2.04. The van der Waals surface area contributed by atoms with E-state index < -0.39 is 0 Å². The number of aliphatic imine (C=N–C) groups is 1. The van der Waals surface area contributed by atoms with Gasteiger partial charge in [0.15, 0.2) is 0 Å². The SMILES string of the molecule is CCCCCCCCCCCCCCOCCCN=C=O. The molecule has 0 aromatic rings. The van der Waals surface area contributed by atoms with Gasteiger partial charge in [0.1, 0.15) is 0 Å². The summed E-state index contributed by atoms with van der Waals surface area (Å²) in [6.45, 7) is 4.38. The van der Waals surface area contributed by atoms with Crippen LogP contribution in [0.1, 0.15) is 90.4 Å². The number of nitrogens with zero attached hydrogens (tertiary/aromatic N) is 1. The maximum absolute atomic E-state index is 9.83. The van der Waals surface area contributed by atoms with E-state index in [-0.39, 0.29) is 0 Å². The molecule has 0 amide bonds. The fourth-order valence-electron chi connectivity index (χ4n) is 2.44. The third-order valence-electron chi connectivity index (χ3n) is 3.77. The molecule has 0 unspecified atom stereocenters. The summed E-state index contributed by atoms with van der Waals surface area (Å²) in [6.07, 6.45) is 18.8. The Labute approximate surface area is 131 Å². The van der Waals surface area contributed by atoms with Gasteiger partial charge in [-0.05, 0) is 12.8 Å². The largest absolute Gasteiger partial charge is 0.381 e. The van der Waals surface area contributed by atoms with Crippen LogP contribution in [-0.4, -0.2) is 25.8 Å². The highest BCUT2D eigenvalue weighted by Gasteiger charge is 1.94. The van der Waals surface area contributed by atoms with Crippen LogP contribution in [-0.2, 0) is 9.53 Å². The van der Waals surface area contributed by atoms with Crippen LogP contribution in [0.5, 0.6) is 0 Å². The van der Waals surface area contributed by atoms with Gasteiger partial charge in [-0.2, -0.15) is 0 Å². The molecule has 21 heavy (non-hydrogen) atoms. The highest BCUT2D eigenvalue weighted by molar-refractivity contribution is 5.32. The van der Waals surface area contributed by atoms with Gasteiger partial charge in [-0.3, -0.25) is 0 Å². The third kappa shape index (κ3) is 19.3. The smallest absolute Gasteiger partial charge is 0.234 e. The van der Waals surface area contributed by atoms with Crippen LogP contribution in [0.15, 0.2) is 4.99 Å². The Balaban J connectivity index is 2.94. The number of rotatable bonds is 17. The molecule has 0 atom stereocenters. The molecule has 0 spiro atoms. The molecular weight excluding hydrogens is 262 g/mol. The lowest BCUT2D eigenvalue weighted by molar-refractivity contribution is 0.129. The Hall–Kier alpha value is -0.660. The van der Waals surface area contributed by atoms with Crippen molar-refractivity contribution in [2.24, 2.45) is 4.99 Å². The average Bonchev–Trinajstić information content (AvgIpc) is 2.50. The number of ether oxygens (including phenoxy) is 1. The Morgan fingerprint density at radius 1 is 0.714 bits per heavy atom. The first kappa shape index (κ1) is 20.3. The molecule has 0 aliphatic rings. The van der Waals surface area contributed by atoms with E-state index in [0.29, 0.717) is 13.2 Å². The van der Waals surface area contributed by atoms with E-state index in [1.165, 1.54) is 76.7 Å². The summed E-state index contributed by atoms with van der Waals surface area (Å²) < 4.78 is 5.48. The molecular formula is C18H35NO2. The first-order chi connectivity index (χ1) is 10.4. The van der Waals surface area contributed by atoms with Crippen LogP contribution < -0.4 is 0 Å². The molecule has 0 rings (SSSR count). The Kier molecular flexibility index (Phi) is 18.7. The van der Waals surface area contributed by atoms with E-state index in [2.05, 4.69) is 11.9 Å². The summed E-state index contributed by atoms with van der Waals surface area (Å²) >= 11 is 0. The molecule has 3 nitrogen and oxygen atoms in total. The lowest BCUT2D eigenvalue weighted by atomic mass is 10.1. The minimum atomic E-state index is 0.544. The monoisotopic (exact) mass is 297 g/mol. The molecule has 0 aliphatic carbocycles. The van der Waals surface area contributed by atoms with E-state index in [9.17, 15) is 4.79 Å². The third-order valence-corrected chi connectivity index (χ3v) is 3.77. The lowest BCUT2D eigenvalue weighted by Crippen LogP contribution is -1.98. The number of hydrogen-bond acceptors (Lipinski definition) is 3. The first-order valence-electron chi connectivity index (χ1n) is 9.03. The van der Waals surface area contributed by atoms with Crippen molar-refractivity contribution in [2.75, 3.05) is 19.8 Å². The predicted molar refractivity (Wildman–Crippen MR) is 89.5 cm³/mol. The van der Waals surface area contributed by atoms with Gasteiger partial charge in [0.05, 0.1) is 6.54 Å². The molecule has 0 aliphatic heterocycles. The number of unbranched alkanes of at least 4 members (excludes halogenated alkanes) is 11. The fourth-order valence-corrected chi connectivity index (χ4v) is 2.44. The van der Waals surface area contributed by atoms with Crippen molar-refractivity contribution >= 4 is 6.08 Å². The minimum Gasteiger partial charge on any atom is -0.381 e. The summed E-state index contributed by atoms with van der Waals surface area (Å²) in [4.78, 5) is 13.3. The highest BCUT2D eigenvalue weighted by atomic mass is 16.5. The van der Waals surface area contributed by atoms with Crippen molar-refractivity contribution in [3.05, 3.63) is 0 Å². The van der Waals surface area contributed by atoms with Crippen LogP contribution in [0.3, 0.4) is 0 Å². The highest BCUT2D eigenvalue weighted by Crippen LogP contribution is 2.11. The summed E-state index contributed by atoms with van der Waals surface area (Å²) in [6, 6.07) is 0. The van der Waals surface area contributed by atoms with E-state index in [0.717, 1.165) is 19.4 Å². The van der Waals surface area contributed by atoms with Crippen molar-refractivity contribution < 1.29 is 9.53 Å². The molecule has 0 saturated carbocycles. The van der Waals surface area contributed by atoms with E-state index in [1.807, 2.05) is 0 Å². The number of carbonyl (C=O) groups excluding carboxylic acids is 1. The van der Waals surface area contributed by atoms with E-state index in [4.69, 9.17) is 4.74 Å². The minimum absolute atomic E-state index is 0.544. The van der Waals surface area contributed by atoms with Crippen LogP contribution >= 0.6 is 0 Å². The Morgan fingerprint density at radius 2 is 1.19 bits per heavy atom. The summed E-state index contributed by atoms with van der Waals surface area (Å²) in [5, 5.41) is 0. The van der Waals surface area contributed by atoms with Crippen molar-refractivity contribution in [3.8, 4) is 0 Å². The topological polar surface area (TPSA) is 38.7 Å². The van der Waals surface area contributed by atoms with Crippen molar-refractivity contribution in [2.45, 2.75) is 90.4 Å². The standard InChI is InChI=1S/C18H35NO2/c1-2-3-4-5-6-7-8-9-10-11-12-13-16-21-17-14-15-19-18-20/h2-17H2,1H3. The van der Waals surface area contributed by atoms with Gasteiger partial charge in [0.2, 0.25) is 6.08 Å². The quantitative estimate of drug-likeness (QED) is 0.204. The van der Waals surface area contributed by atoms with Gasteiger partial charge in [0, 0.05) is 13.2 Å². The Morgan fingerprint density at radius 3 is 1.71 bits per heavy atom. The maximum atomic E-state index is 9.83. The van der Waals surface area contributed by atoms with Gasteiger partial charge in [0.25, 0.3) is 0 Å². The summed E-state index contributed by atoms with van der Waals surface area (Å²) in [5.41, 5.74) is 0. The second kappa shape index (κ2) is 19.3. The zero-order valence-electron chi connectivity index (χ0n) is 14.1. The normalized spacial score (nSPS) is 10.5. The van der Waals surface area contributed by atoms with Crippen LogP contribution in [0.4, 0.5) is 0 Å². The molecule has 124 valence electrons. The zero-order valence-corrected chi connectivity index (χ0v) is 14.1. The van der Waals surface area contributed by atoms with Crippen molar-refractivity contribution in [1.29, 1.82) is 0 Å². The number of hydrogen-bond donors (Lipinski definition) is 0. The second-order valence-corrected chi connectivity index (χ2v) is 5.83. The van der Waals surface area contributed by atoms with Crippen molar-refractivity contribution in [1.82, 2.24) is 0 Å². The maximum Gasteiger partial charge on any atom is 0.234 e. The van der Waals surface area contributed by atoms with Crippen LogP contribution in [0.25, 0.3) is 0 Å². The van der Waals surface area contributed by atoms with Gasteiger partial charge in [-0.25, -0.2) is 9.79 Å². The van der Waals surface area contributed by atoms with E-state index >= 15 is 0 Å². The molecule has 0 fully saturated rings. The van der Waals surface area contributed by atoms with Crippen molar-refractivity contribution in [3.63, 3.8) is 0 Å². The molecule has 0 aromatic carbocycles. The predicted octanol–water partition coefficient (Wildman–Crippen LogP) is 5.43. The van der Waals surface area contributed by atoms with Gasteiger partial charge < -0.3 is 4.74 Å². The van der Waals surface area contributed by atoms with Crippen LogP contribution in [0.2, 0.25) is 0 Å². The zero-order chi connectivity index (χ0) is 15.4. The molecule has 3 heteroatoms. The van der Waals surface area contributed by atoms with Gasteiger partial charge in [-0.1, -0.05) is 77.6 Å². The molecule has 0 bridgehead atoms. The molecule has 0 N–H and O–H groups in total. The molecule has 0 saturated heterocycles. The number of isocyanates is 1. The summed E-state index contributed by atoms with van der Waals surface area (Å²) in [5.74, 6) is 0. The fraction of sp³-hybridized carbons (Fsp3) is 0.944.